The first-order valence-corrected chi connectivity index (χ1v) is 6.87. The van der Waals surface area contributed by atoms with E-state index >= 15 is 0 Å². The Kier molecular flexibility index (Phi) is 6.12. The SMILES string of the molecule is CCN(CC)C(=O)CCC(=O)N1CCNC(C)C1. The Morgan fingerprint density at radius 2 is 1.94 bits per heavy atom. The Labute approximate surface area is 110 Å². The first-order chi connectivity index (χ1) is 8.58. The van der Waals surface area contributed by atoms with E-state index in [4.69, 9.17) is 0 Å². The summed E-state index contributed by atoms with van der Waals surface area (Å²) in [5, 5.41) is 3.30. The second-order valence-electron chi connectivity index (χ2n) is 4.76. The molecule has 0 aliphatic carbocycles. The van der Waals surface area contributed by atoms with Crippen LogP contribution in [0, 0.1) is 0 Å². The highest BCUT2D eigenvalue weighted by molar-refractivity contribution is 5.83. The van der Waals surface area contributed by atoms with Gasteiger partial charge in [0.15, 0.2) is 0 Å². The normalized spacial score (nSPS) is 19.7. The van der Waals surface area contributed by atoms with E-state index in [0.717, 1.165) is 19.6 Å². The van der Waals surface area contributed by atoms with E-state index in [1.807, 2.05) is 18.7 Å². The topological polar surface area (TPSA) is 52.7 Å². The number of carbonyl (C=O) groups is 2. The fourth-order valence-electron chi connectivity index (χ4n) is 2.27. The van der Waals surface area contributed by atoms with Crippen molar-refractivity contribution >= 4 is 11.8 Å². The molecule has 1 fully saturated rings. The van der Waals surface area contributed by atoms with Gasteiger partial charge in [0.2, 0.25) is 11.8 Å². The van der Waals surface area contributed by atoms with Crippen molar-refractivity contribution in [2.24, 2.45) is 0 Å². The molecule has 1 atom stereocenters. The van der Waals surface area contributed by atoms with Crippen molar-refractivity contribution in [2.45, 2.75) is 39.7 Å². The van der Waals surface area contributed by atoms with Gasteiger partial charge in [0, 0.05) is 51.6 Å². The van der Waals surface area contributed by atoms with Gasteiger partial charge in [0.25, 0.3) is 0 Å². The van der Waals surface area contributed by atoms with Gasteiger partial charge >= 0.3 is 0 Å². The van der Waals surface area contributed by atoms with Crippen LogP contribution in [-0.4, -0.2) is 60.4 Å². The van der Waals surface area contributed by atoms with Crippen molar-refractivity contribution in [3.05, 3.63) is 0 Å². The Morgan fingerprint density at radius 1 is 1.28 bits per heavy atom. The average molecular weight is 255 g/mol. The van der Waals surface area contributed by atoms with Crippen molar-refractivity contribution in [3.8, 4) is 0 Å². The molecule has 1 N–H and O–H groups in total. The maximum atomic E-state index is 12.0. The highest BCUT2D eigenvalue weighted by Gasteiger charge is 2.21. The minimum Gasteiger partial charge on any atom is -0.343 e. The Bertz CT molecular complexity index is 290. The lowest BCUT2D eigenvalue weighted by Crippen LogP contribution is -2.51. The highest BCUT2D eigenvalue weighted by atomic mass is 16.2. The third kappa shape index (κ3) is 4.29. The van der Waals surface area contributed by atoms with Crippen LogP contribution in [-0.2, 0) is 9.59 Å². The van der Waals surface area contributed by atoms with E-state index in [9.17, 15) is 9.59 Å². The lowest BCUT2D eigenvalue weighted by atomic mass is 10.2. The minimum absolute atomic E-state index is 0.0801. The molecule has 0 saturated carbocycles. The molecule has 0 spiro atoms. The zero-order valence-electron chi connectivity index (χ0n) is 11.7. The smallest absolute Gasteiger partial charge is 0.223 e. The van der Waals surface area contributed by atoms with Crippen LogP contribution in [0.4, 0.5) is 0 Å². The molecule has 18 heavy (non-hydrogen) atoms. The molecule has 1 heterocycles. The van der Waals surface area contributed by atoms with Crippen LogP contribution in [0.5, 0.6) is 0 Å². The maximum absolute atomic E-state index is 12.0. The number of nitrogens with zero attached hydrogens (tertiary/aromatic N) is 2. The van der Waals surface area contributed by atoms with E-state index in [2.05, 4.69) is 12.2 Å². The zero-order chi connectivity index (χ0) is 13.5. The van der Waals surface area contributed by atoms with E-state index in [-0.39, 0.29) is 11.8 Å². The van der Waals surface area contributed by atoms with Crippen molar-refractivity contribution in [1.82, 2.24) is 15.1 Å². The molecule has 0 aromatic rings. The van der Waals surface area contributed by atoms with Crippen molar-refractivity contribution < 1.29 is 9.59 Å². The quantitative estimate of drug-likeness (QED) is 0.776. The molecule has 104 valence electrons. The van der Waals surface area contributed by atoms with Gasteiger partial charge in [-0.15, -0.1) is 0 Å². The second-order valence-corrected chi connectivity index (χ2v) is 4.76. The summed E-state index contributed by atoms with van der Waals surface area (Å²) in [4.78, 5) is 27.4. The molecule has 5 heteroatoms. The van der Waals surface area contributed by atoms with E-state index < -0.39 is 0 Å². The predicted molar refractivity (Wildman–Crippen MR) is 71.2 cm³/mol. The fourth-order valence-corrected chi connectivity index (χ4v) is 2.27. The summed E-state index contributed by atoms with van der Waals surface area (Å²) in [5.41, 5.74) is 0. The van der Waals surface area contributed by atoms with Gasteiger partial charge in [-0.3, -0.25) is 9.59 Å². The number of amides is 2. The summed E-state index contributed by atoms with van der Waals surface area (Å²) in [7, 11) is 0. The van der Waals surface area contributed by atoms with E-state index in [0.29, 0.717) is 32.0 Å². The first-order valence-electron chi connectivity index (χ1n) is 6.87. The van der Waals surface area contributed by atoms with Crippen molar-refractivity contribution in [1.29, 1.82) is 0 Å². The third-order valence-corrected chi connectivity index (χ3v) is 3.39. The Morgan fingerprint density at radius 3 is 2.50 bits per heavy atom. The molecule has 1 rings (SSSR count). The maximum Gasteiger partial charge on any atom is 0.223 e. The van der Waals surface area contributed by atoms with E-state index in [1.54, 1.807) is 4.90 Å². The van der Waals surface area contributed by atoms with Gasteiger partial charge in [0.1, 0.15) is 0 Å². The molecule has 1 unspecified atom stereocenters. The predicted octanol–water partition coefficient (Wildman–Crippen LogP) is 0.455. The summed E-state index contributed by atoms with van der Waals surface area (Å²) < 4.78 is 0. The lowest BCUT2D eigenvalue weighted by Gasteiger charge is -2.32. The minimum atomic E-state index is 0.0801. The number of carbonyl (C=O) groups excluding carboxylic acids is 2. The van der Waals surface area contributed by atoms with Crippen LogP contribution >= 0.6 is 0 Å². The summed E-state index contributed by atoms with van der Waals surface area (Å²) in [6.07, 6.45) is 0.668. The Hall–Kier alpha value is -1.10. The fraction of sp³-hybridized carbons (Fsp3) is 0.846. The lowest BCUT2D eigenvalue weighted by molar-refractivity contribution is -0.137. The van der Waals surface area contributed by atoms with Crippen molar-refractivity contribution in [2.75, 3.05) is 32.7 Å². The Balaban J connectivity index is 2.34. The van der Waals surface area contributed by atoms with Crippen molar-refractivity contribution in [3.63, 3.8) is 0 Å². The van der Waals surface area contributed by atoms with Gasteiger partial charge in [-0.2, -0.15) is 0 Å². The van der Waals surface area contributed by atoms with Gasteiger partial charge in [-0.25, -0.2) is 0 Å². The second kappa shape index (κ2) is 7.36. The average Bonchev–Trinajstić information content (AvgIpc) is 2.37. The number of hydrogen-bond acceptors (Lipinski definition) is 3. The van der Waals surface area contributed by atoms with Crippen LogP contribution in [0.2, 0.25) is 0 Å². The molecule has 0 bridgehead atoms. The zero-order valence-corrected chi connectivity index (χ0v) is 11.7. The van der Waals surface area contributed by atoms with Crippen LogP contribution in [0.25, 0.3) is 0 Å². The number of rotatable bonds is 5. The van der Waals surface area contributed by atoms with Gasteiger partial charge in [-0.05, 0) is 20.8 Å². The number of hydrogen-bond donors (Lipinski definition) is 1. The molecular formula is C13H25N3O2. The molecular weight excluding hydrogens is 230 g/mol. The molecule has 0 radical (unpaired) electrons. The molecule has 1 aliphatic rings. The highest BCUT2D eigenvalue weighted by Crippen LogP contribution is 2.05. The molecule has 5 nitrogen and oxygen atoms in total. The monoisotopic (exact) mass is 255 g/mol. The molecule has 0 aromatic carbocycles. The van der Waals surface area contributed by atoms with Crippen LogP contribution in [0.1, 0.15) is 33.6 Å². The number of piperazine rings is 1. The van der Waals surface area contributed by atoms with Gasteiger partial charge < -0.3 is 15.1 Å². The van der Waals surface area contributed by atoms with Gasteiger partial charge in [-0.1, -0.05) is 0 Å². The standard InChI is InChI=1S/C13H25N3O2/c1-4-15(5-2)12(17)6-7-13(18)16-9-8-14-11(3)10-16/h11,14H,4-10H2,1-3H3. The molecule has 0 aromatic heterocycles. The van der Waals surface area contributed by atoms with Gasteiger partial charge in [0.05, 0.1) is 0 Å². The molecule has 2 amide bonds. The molecule has 1 saturated heterocycles. The summed E-state index contributed by atoms with van der Waals surface area (Å²) in [6, 6.07) is 0.348. The summed E-state index contributed by atoms with van der Waals surface area (Å²) in [5.74, 6) is 0.181. The largest absolute Gasteiger partial charge is 0.343 e. The first kappa shape index (κ1) is 15.0. The van der Waals surface area contributed by atoms with E-state index in [1.165, 1.54) is 0 Å². The van der Waals surface area contributed by atoms with Crippen LogP contribution in [0.15, 0.2) is 0 Å². The van der Waals surface area contributed by atoms with Crippen LogP contribution < -0.4 is 5.32 Å². The molecule has 1 aliphatic heterocycles. The summed E-state index contributed by atoms with van der Waals surface area (Å²) in [6.45, 7) is 9.77. The number of nitrogens with one attached hydrogen (secondary N) is 1. The summed E-state index contributed by atoms with van der Waals surface area (Å²) >= 11 is 0. The third-order valence-electron chi connectivity index (χ3n) is 3.39. The van der Waals surface area contributed by atoms with Crippen LogP contribution in [0.3, 0.4) is 0 Å².